The van der Waals surface area contributed by atoms with Crippen LogP contribution in [0.5, 0.6) is 5.75 Å². The van der Waals surface area contributed by atoms with Crippen molar-refractivity contribution in [2.75, 3.05) is 6.61 Å². The van der Waals surface area contributed by atoms with Gasteiger partial charge in [-0.15, -0.1) is 0 Å². The molecule has 27 heavy (non-hydrogen) atoms. The molecule has 138 valence electrons. The fourth-order valence-electron chi connectivity index (χ4n) is 3.36. The van der Waals surface area contributed by atoms with Gasteiger partial charge in [0.2, 0.25) is 5.91 Å². The lowest BCUT2D eigenvalue weighted by Crippen LogP contribution is -2.36. The molecule has 0 saturated heterocycles. The molecule has 7 heteroatoms. The van der Waals surface area contributed by atoms with Gasteiger partial charge in [-0.3, -0.25) is 14.2 Å². The fourth-order valence-corrected chi connectivity index (χ4v) is 3.74. The van der Waals surface area contributed by atoms with Gasteiger partial charge in [0, 0.05) is 16.5 Å². The molecule has 1 atom stereocenters. The van der Waals surface area contributed by atoms with E-state index in [1.807, 2.05) is 37.3 Å². The zero-order chi connectivity index (χ0) is 19.0. The summed E-state index contributed by atoms with van der Waals surface area (Å²) < 4.78 is 7.92. The Labute approximate surface area is 164 Å². The van der Waals surface area contributed by atoms with E-state index < -0.39 is 0 Å². The van der Waals surface area contributed by atoms with E-state index in [1.165, 1.54) is 10.9 Å². The van der Waals surface area contributed by atoms with Crippen LogP contribution in [0.1, 0.15) is 23.6 Å². The quantitative estimate of drug-likeness (QED) is 0.696. The number of hydrogen-bond acceptors (Lipinski definition) is 4. The van der Waals surface area contributed by atoms with Gasteiger partial charge in [0.1, 0.15) is 12.3 Å². The first kappa shape index (κ1) is 17.7. The van der Waals surface area contributed by atoms with Crippen molar-refractivity contribution in [3.8, 4) is 5.75 Å². The standard InChI is InChI=1S/C20H18BrN3O3/c1-12-3-2-4-14-19(12)22-11-24(20(14)26)10-18(25)23-16-7-8-27-17-6-5-13(21)9-15(16)17/h2-6,9,11,16H,7-8,10H2,1H3,(H,23,25). The maximum absolute atomic E-state index is 12.7. The predicted molar refractivity (Wildman–Crippen MR) is 106 cm³/mol. The number of carbonyl (C=O) groups excluding carboxylic acids is 1. The Morgan fingerprint density at radius 3 is 3.07 bits per heavy atom. The summed E-state index contributed by atoms with van der Waals surface area (Å²) in [6, 6.07) is 11.1. The normalized spacial score (nSPS) is 15.9. The molecule has 1 aliphatic rings. The minimum Gasteiger partial charge on any atom is -0.493 e. The molecule has 0 spiro atoms. The van der Waals surface area contributed by atoms with Gasteiger partial charge in [0.25, 0.3) is 5.56 Å². The molecule has 0 bridgehead atoms. The van der Waals surface area contributed by atoms with Crippen LogP contribution in [0.2, 0.25) is 0 Å². The second kappa shape index (κ2) is 7.15. The maximum Gasteiger partial charge on any atom is 0.261 e. The highest BCUT2D eigenvalue weighted by molar-refractivity contribution is 9.10. The van der Waals surface area contributed by atoms with E-state index in [4.69, 9.17) is 4.74 Å². The van der Waals surface area contributed by atoms with Crippen molar-refractivity contribution >= 4 is 32.7 Å². The molecule has 1 aliphatic heterocycles. The zero-order valence-electron chi connectivity index (χ0n) is 14.7. The van der Waals surface area contributed by atoms with Crippen molar-refractivity contribution in [1.82, 2.24) is 14.9 Å². The Kier molecular flexibility index (Phi) is 4.70. The molecule has 4 rings (SSSR count). The maximum atomic E-state index is 12.7. The zero-order valence-corrected chi connectivity index (χ0v) is 16.3. The summed E-state index contributed by atoms with van der Waals surface area (Å²) in [5.74, 6) is 0.540. The van der Waals surface area contributed by atoms with Gasteiger partial charge in [0.05, 0.1) is 29.9 Å². The highest BCUT2D eigenvalue weighted by Gasteiger charge is 2.23. The molecule has 0 fully saturated rings. The molecule has 1 N–H and O–H groups in total. The van der Waals surface area contributed by atoms with Crippen LogP contribution in [0.4, 0.5) is 0 Å². The molecule has 6 nitrogen and oxygen atoms in total. The number of fused-ring (bicyclic) bond motifs is 2. The predicted octanol–water partition coefficient (Wildman–Crippen LogP) is 3.11. The number of para-hydroxylation sites is 1. The lowest BCUT2D eigenvalue weighted by atomic mass is 10.0. The first-order valence-electron chi connectivity index (χ1n) is 8.69. The van der Waals surface area contributed by atoms with Crippen LogP contribution >= 0.6 is 15.9 Å². The number of rotatable bonds is 3. The summed E-state index contributed by atoms with van der Waals surface area (Å²) >= 11 is 3.45. The van der Waals surface area contributed by atoms with Crippen LogP contribution in [0.15, 0.2) is 52.0 Å². The summed E-state index contributed by atoms with van der Waals surface area (Å²) in [6.45, 7) is 2.37. The van der Waals surface area contributed by atoms with E-state index in [2.05, 4.69) is 26.2 Å². The largest absolute Gasteiger partial charge is 0.493 e. The van der Waals surface area contributed by atoms with Crippen molar-refractivity contribution in [2.45, 2.75) is 25.9 Å². The topological polar surface area (TPSA) is 73.2 Å². The third-order valence-corrected chi connectivity index (χ3v) is 5.21. The SMILES string of the molecule is Cc1cccc2c(=O)n(CC(=O)NC3CCOc4ccc(Br)cc43)cnc12. The number of nitrogens with zero attached hydrogens (tertiary/aromatic N) is 2. The number of amides is 1. The minimum absolute atomic E-state index is 0.0730. The summed E-state index contributed by atoms with van der Waals surface area (Å²) in [7, 11) is 0. The van der Waals surface area contributed by atoms with E-state index >= 15 is 0 Å². The lowest BCUT2D eigenvalue weighted by molar-refractivity contribution is -0.122. The second-order valence-electron chi connectivity index (χ2n) is 6.59. The summed E-state index contributed by atoms with van der Waals surface area (Å²) in [6.07, 6.45) is 2.12. The minimum atomic E-state index is -0.233. The molecule has 0 aliphatic carbocycles. The van der Waals surface area contributed by atoms with E-state index in [-0.39, 0.29) is 24.1 Å². The van der Waals surface area contributed by atoms with Crippen molar-refractivity contribution in [3.05, 3.63) is 68.7 Å². The number of aryl methyl sites for hydroxylation is 1. The van der Waals surface area contributed by atoms with Gasteiger partial charge in [-0.25, -0.2) is 4.98 Å². The highest BCUT2D eigenvalue weighted by atomic mass is 79.9. The summed E-state index contributed by atoms with van der Waals surface area (Å²) in [4.78, 5) is 29.6. The molecule has 1 aromatic heterocycles. The third-order valence-electron chi connectivity index (χ3n) is 4.72. The number of carbonyl (C=O) groups is 1. The van der Waals surface area contributed by atoms with Crippen LogP contribution in [0, 0.1) is 6.92 Å². The van der Waals surface area contributed by atoms with Crippen LogP contribution in [0.3, 0.4) is 0 Å². The number of hydrogen-bond donors (Lipinski definition) is 1. The van der Waals surface area contributed by atoms with Crippen molar-refractivity contribution in [3.63, 3.8) is 0 Å². The van der Waals surface area contributed by atoms with Crippen LogP contribution in [0.25, 0.3) is 10.9 Å². The van der Waals surface area contributed by atoms with Gasteiger partial charge < -0.3 is 10.1 Å². The van der Waals surface area contributed by atoms with E-state index in [0.717, 1.165) is 21.3 Å². The van der Waals surface area contributed by atoms with Crippen LogP contribution < -0.4 is 15.6 Å². The van der Waals surface area contributed by atoms with E-state index in [0.29, 0.717) is 23.9 Å². The molecule has 0 radical (unpaired) electrons. The number of ether oxygens (including phenoxy) is 1. The molecule has 0 saturated carbocycles. The third kappa shape index (κ3) is 3.47. The molecule has 2 heterocycles. The van der Waals surface area contributed by atoms with Gasteiger partial charge in [0.15, 0.2) is 0 Å². The van der Waals surface area contributed by atoms with E-state index in [9.17, 15) is 9.59 Å². The molecule has 1 unspecified atom stereocenters. The van der Waals surface area contributed by atoms with Gasteiger partial charge in [-0.2, -0.15) is 0 Å². The van der Waals surface area contributed by atoms with Crippen molar-refractivity contribution < 1.29 is 9.53 Å². The Morgan fingerprint density at radius 1 is 1.37 bits per heavy atom. The average molecular weight is 428 g/mol. The lowest BCUT2D eigenvalue weighted by Gasteiger charge is -2.27. The molecule has 2 aromatic carbocycles. The van der Waals surface area contributed by atoms with Crippen molar-refractivity contribution in [1.29, 1.82) is 0 Å². The molecular formula is C20H18BrN3O3. The number of halogens is 1. The first-order valence-corrected chi connectivity index (χ1v) is 9.48. The molecular weight excluding hydrogens is 410 g/mol. The Bertz CT molecular complexity index is 1090. The summed E-state index contributed by atoms with van der Waals surface area (Å²) in [5.41, 5.74) is 2.32. The molecule has 3 aromatic rings. The molecule has 1 amide bonds. The smallest absolute Gasteiger partial charge is 0.261 e. The van der Waals surface area contributed by atoms with Gasteiger partial charge >= 0.3 is 0 Å². The Balaban J connectivity index is 1.56. The number of benzene rings is 2. The highest BCUT2D eigenvalue weighted by Crippen LogP contribution is 2.34. The van der Waals surface area contributed by atoms with Crippen molar-refractivity contribution in [2.24, 2.45) is 0 Å². The van der Waals surface area contributed by atoms with Crippen LogP contribution in [-0.2, 0) is 11.3 Å². The monoisotopic (exact) mass is 427 g/mol. The second-order valence-corrected chi connectivity index (χ2v) is 7.50. The Hall–Kier alpha value is -2.67. The Morgan fingerprint density at radius 2 is 2.22 bits per heavy atom. The fraction of sp³-hybridized carbons (Fsp3) is 0.250. The van der Waals surface area contributed by atoms with Gasteiger partial charge in [-0.1, -0.05) is 28.1 Å². The first-order chi connectivity index (χ1) is 13.0. The van der Waals surface area contributed by atoms with Crippen LogP contribution in [-0.4, -0.2) is 22.1 Å². The number of nitrogens with one attached hydrogen (secondary N) is 1. The number of aromatic nitrogens is 2. The van der Waals surface area contributed by atoms with Gasteiger partial charge in [-0.05, 0) is 36.8 Å². The average Bonchev–Trinajstić information content (AvgIpc) is 2.65. The summed E-state index contributed by atoms with van der Waals surface area (Å²) in [5, 5.41) is 3.53. The van der Waals surface area contributed by atoms with E-state index in [1.54, 1.807) is 6.07 Å².